The normalized spacial score (nSPS) is 10.2. The number of anilines is 1. The zero-order chi connectivity index (χ0) is 15.6. The maximum absolute atomic E-state index is 13.4. The molecule has 21 heavy (non-hydrogen) atoms. The van der Waals surface area contributed by atoms with Gasteiger partial charge in [0.15, 0.2) is 0 Å². The highest BCUT2D eigenvalue weighted by Gasteiger charge is 2.17. The van der Waals surface area contributed by atoms with Crippen LogP contribution in [-0.2, 0) is 0 Å². The van der Waals surface area contributed by atoms with E-state index in [9.17, 15) is 19.3 Å². The second-order valence-electron chi connectivity index (χ2n) is 3.84. The van der Waals surface area contributed by atoms with Crippen LogP contribution in [0.2, 0.25) is 10.2 Å². The zero-order valence-electron chi connectivity index (χ0n) is 10.1. The van der Waals surface area contributed by atoms with E-state index in [1.807, 2.05) is 0 Å². The average Bonchev–Trinajstić information content (AvgIpc) is 2.41. The van der Waals surface area contributed by atoms with Crippen LogP contribution in [0.1, 0.15) is 10.5 Å². The molecule has 1 aromatic heterocycles. The fourth-order valence-corrected chi connectivity index (χ4v) is 1.84. The molecule has 0 bridgehead atoms. The molecule has 0 spiro atoms. The molecule has 0 radical (unpaired) electrons. The summed E-state index contributed by atoms with van der Waals surface area (Å²) in [6.45, 7) is 0. The van der Waals surface area contributed by atoms with E-state index in [0.29, 0.717) is 0 Å². The van der Waals surface area contributed by atoms with Crippen molar-refractivity contribution in [2.75, 3.05) is 5.32 Å². The van der Waals surface area contributed by atoms with Crippen LogP contribution >= 0.6 is 23.2 Å². The van der Waals surface area contributed by atoms with Gasteiger partial charge < -0.3 is 5.32 Å². The molecule has 0 aliphatic heterocycles. The molecule has 0 unspecified atom stereocenters. The Morgan fingerprint density at radius 3 is 2.62 bits per heavy atom. The van der Waals surface area contributed by atoms with Gasteiger partial charge in [0.1, 0.15) is 10.8 Å². The van der Waals surface area contributed by atoms with E-state index in [4.69, 9.17) is 23.2 Å². The molecular weight excluding hydrogens is 324 g/mol. The summed E-state index contributed by atoms with van der Waals surface area (Å²) in [7, 11) is 0. The van der Waals surface area contributed by atoms with Crippen molar-refractivity contribution >= 4 is 40.5 Å². The van der Waals surface area contributed by atoms with Crippen LogP contribution in [0.15, 0.2) is 30.3 Å². The summed E-state index contributed by atoms with van der Waals surface area (Å²) >= 11 is 11.5. The number of halogens is 3. The highest BCUT2D eigenvalue weighted by atomic mass is 35.5. The number of rotatable bonds is 3. The Morgan fingerprint density at radius 2 is 2.00 bits per heavy atom. The number of nitrogens with zero attached hydrogens (tertiary/aromatic N) is 2. The highest BCUT2D eigenvalue weighted by molar-refractivity contribution is 6.35. The molecule has 0 fully saturated rings. The first-order valence-corrected chi connectivity index (χ1v) is 6.21. The predicted molar refractivity (Wildman–Crippen MR) is 75.3 cm³/mol. The SMILES string of the molecule is O=C(Nc1ccc([N+](=O)[O-])c(F)c1)c1nc(Cl)ccc1Cl. The Labute approximate surface area is 127 Å². The van der Waals surface area contributed by atoms with Crippen molar-refractivity contribution in [3.8, 4) is 0 Å². The number of nitro groups is 1. The van der Waals surface area contributed by atoms with Crippen molar-refractivity contribution in [1.82, 2.24) is 4.98 Å². The highest BCUT2D eigenvalue weighted by Crippen LogP contribution is 2.22. The van der Waals surface area contributed by atoms with E-state index in [1.165, 1.54) is 18.2 Å². The summed E-state index contributed by atoms with van der Waals surface area (Å²) < 4.78 is 13.4. The number of hydrogen-bond donors (Lipinski definition) is 1. The van der Waals surface area contributed by atoms with Crippen molar-refractivity contribution in [3.63, 3.8) is 0 Å². The van der Waals surface area contributed by atoms with E-state index in [-0.39, 0.29) is 21.6 Å². The summed E-state index contributed by atoms with van der Waals surface area (Å²) in [5.74, 6) is -1.78. The van der Waals surface area contributed by atoms with Gasteiger partial charge in [0.2, 0.25) is 5.82 Å². The van der Waals surface area contributed by atoms with Crippen LogP contribution in [0.5, 0.6) is 0 Å². The van der Waals surface area contributed by atoms with Crippen LogP contribution < -0.4 is 5.32 Å². The maximum Gasteiger partial charge on any atom is 0.304 e. The third kappa shape index (κ3) is 3.45. The van der Waals surface area contributed by atoms with E-state index in [2.05, 4.69) is 10.3 Å². The lowest BCUT2D eigenvalue weighted by atomic mass is 10.2. The van der Waals surface area contributed by atoms with E-state index < -0.39 is 22.3 Å². The fraction of sp³-hybridized carbons (Fsp3) is 0. The lowest BCUT2D eigenvalue weighted by Crippen LogP contribution is -2.14. The molecule has 0 aliphatic rings. The van der Waals surface area contributed by atoms with Gasteiger partial charge in [0.05, 0.1) is 9.95 Å². The summed E-state index contributed by atoms with van der Waals surface area (Å²) in [5, 5.41) is 13.0. The monoisotopic (exact) mass is 329 g/mol. The van der Waals surface area contributed by atoms with Gasteiger partial charge >= 0.3 is 5.69 Å². The van der Waals surface area contributed by atoms with Crippen molar-refractivity contribution in [2.45, 2.75) is 0 Å². The quantitative estimate of drug-likeness (QED) is 0.528. The van der Waals surface area contributed by atoms with Gasteiger partial charge in [-0.2, -0.15) is 4.39 Å². The Bertz CT molecular complexity index is 740. The van der Waals surface area contributed by atoms with Crippen LogP contribution in [0.4, 0.5) is 15.8 Å². The van der Waals surface area contributed by atoms with E-state index in [0.717, 1.165) is 12.1 Å². The summed E-state index contributed by atoms with van der Waals surface area (Å²) in [6.07, 6.45) is 0. The Balaban J connectivity index is 2.26. The molecule has 0 atom stereocenters. The lowest BCUT2D eigenvalue weighted by molar-refractivity contribution is -0.387. The van der Waals surface area contributed by atoms with Gasteiger partial charge in [-0.1, -0.05) is 23.2 Å². The number of pyridine rings is 1. The molecule has 6 nitrogen and oxygen atoms in total. The fourth-order valence-electron chi connectivity index (χ4n) is 1.50. The predicted octanol–water partition coefficient (Wildman–Crippen LogP) is 3.69. The second-order valence-corrected chi connectivity index (χ2v) is 4.64. The lowest BCUT2D eigenvalue weighted by Gasteiger charge is -2.06. The molecule has 2 aromatic rings. The molecule has 1 N–H and O–H groups in total. The Kier molecular flexibility index (Phi) is 4.35. The molecule has 0 saturated carbocycles. The number of nitrogens with one attached hydrogen (secondary N) is 1. The standard InChI is InChI=1S/C12H6Cl2FN3O3/c13-7-2-4-10(14)17-11(7)12(19)16-6-1-3-9(18(20)21)8(15)5-6/h1-5H,(H,16,19). The van der Waals surface area contributed by atoms with Crippen molar-refractivity contribution < 1.29 is 14.1 Å². The number of hydrogen-bond acceptors (Lipinski definition) is 4. The number of carbonyl (C=O) groups is 1. The van der Waals surface area contributed by atoms with Gasteiger partial charge in [-0.3, -0.25) is 14.9 Å². The minimum absolute atomic E-state index is 0.0287. The largest absolute Gasteiger partial charge is 0.320 e. The number of aromatic nitrogens is 1. The molecule has 0 saturated heterocycles. The minimum Gasteiger partial charge on any atom is -0.320 e. The molecule has 1 heterocycles. The van der Waals surface area contributed by atoms with Gasteiger partial charge in [0, 0.05) is 17.8 Å². The topological polar surface area (TPSA) is 85.1 Å². The molecule has 2 rings (SSSR count). The van der Waals surface area contributed by atoms with Gasteiger partial charge in [0.25, 0.3) is 5.91 Å². The van der Waals surface area contributed by atoms with Crippen LogP contribution in [0.3, 0.4) is 0 Å². The molecule has 108 valence electrons. The number of nitro benzene ring substituents is 1. The maximum atomic E-state index is 13.4. The Morgan fingerprint density at radius 1 is 1.29 bits per heavy atom. The summed E-state index contributed by atoms with van der Waals surface area (Å²) in [4.78, 5) is 25.3. The molecule has 1 amide bonds. The number of amides is 1. The molecule has 9 heteroatoms. The number of carbonyl (C=O) groups excluding carboxylic acids is 1. The third-order valence-corrected chi connectivity index (χ3v) is 2.94. The molecule has 1 aromatic carbocycles. The van der Waals surface area contributed by atoms with Gasteiger partial charge in [-0.15, -0.1) is 0 Å². The Hall–Kier alpha value is -2.25. The van der Waals surface area contributed by atoms with Crippen molar-refractivity contribution in [3.05, 3.63) is 62.1 Å². The molecular formula is C12H6Cl2FN3O3. The average molecular weight is 330 g/mol. The summed E-state index contributed by atoms with van der Waals surface area (Å²) in [6, 6.07) is 5.76. The van der Waals surface area contributed by atoms with Crippen LogP contribution in [0.25, 0.3) is 0 Å². The molecule has 0 aliphatic carbocycles. The number of benzene rings is 1. The van der Waals surface area contributed by atoms with E-state index >= 15 is 0 Å². The van der Waals surface area contributed by atoms with Crippen LogP contribution in [-0.4, -0.2) is 15.8 Å². The van der Waals surface area contributed by atoms with Gasteiger partial charge in [-0.05, 0) is 18.2 Å². The third-order valence-electron chi connectivity index (χ3n) is 2.43. The minimum atomic E-state index is -1.07. The first-order chi connectivity index (χ1) is 9.88. The summed E-state index contributed by atoms with van der Waals surface area (Å²) in [5.41, 5.74) is -0.796. The van der Waals surface area contributed by atoms with Crippen molar-refractivity contribution in [2.24, 2.45) is 0 Å². The first-order valence-electron chi connectivity index (χ1n) is 5.46. The van der Waals surface area contributed by atoms with Crippen LogP contribution in [0, 0.1) is 15.9 Å². The first kappa shape index (κ1) is 15.1. The second kappa shape index (κ2) is 6.02. The zero-order valence-corrected chi connectivity index (χ0v) is 11.7. The smallest absolute Gasteiger partial charge is 0.304 e. The van der Waals surface area contributed by atoms with Crippen molar-refractivity contribution in [1.29, 1.82) is 0 Å². The van der Waals surface area contributed by atoms with Gasteiger partial charge in [-0.25, -0.2) is 4.98 Å². The van der Waals surface area contributed by atoms with E-state index in [1.54, 1.807) is 0 Å².